The Hall–Kier alpha value is -3.50. The predicted molar refractivity (Wildman–Crippen MR) is 189 cm³/mol. The number of thiol groups is 5. The zero-order valence-corrected chi connectivity index (χ0v) is 27.5. The van der Waals surface area contributed by atoms with Crippen LogP contribution in [0, 0.1) is 0 Å². The summed E-state index contributed by atoms with van der Waals surface area (Å²) in [7, 11) is 0. The van der Waals surface area contributed by atoms with E-state index in [1.807, 2.05) is 0 Å². The second-order valence-electron chi connectivity index (χ2n) is 7.58. The van der Waals surface area contributed by atoms with E-state index in [-0.39, 0.29) is 52.3 Å². The molecule has 0 radical (unpaired) electrons. The van der Waals surface area contributed by atoms with Crippen LogP contribution in [0.5, 0.6) is 28.7 Å². The molecule has 250 valence electrons. The molecule has 0 amide bonds. The Morgan fingerprint density at radius 3 is 0.378 bits per heavy atom. The first kappa shape index (κ1) is 51.1. The van der Waals surface area contributed by atoms with Crippen molar-refractivity contribution >= 4 is 63.1 Å². The third kappa shape index (κ3) is 27.8. The molecule has 0 unspecified atom stereocenters. The predicted octanol–water partition coefficient (Wildman–Crippen LogP) is 9.17. The Kier molecular flexibility index (Phi) is 33.2. The van der Waals surface area contributed by atoms with Gasteiger partial charge in [0.05, 0.1) is 0 Å². The maximum atomic E-state index is 8.72. The van der Waals surface area contributed by atoms with E-state index in [9.17, 15) is 0 Å². The molecule has 5 aromatic rings. The topological polar surface area (TPSA) is 101 Å². The van der Waals surface area contributed by atoms with E-state index in [2.05, 4.69) is 63.1 Å². The molecule has 0 heterocycles. The van der Waals surface area contributed by atoms with Crippen LogP contribution >= 0.6 is 63.1 Å². The van der Waals surface area contributed by atoms with Crippen LogP contribution in [-0.4, -0.2) is 25.5 Å². The van der Waals surface area contributed by atoms with Crippen molar-refractivity contribution in [1.82, 2.24) is 0 Å². The van der Waals surface area contributed by atoms with Crippen LogP contribution in [0.3, 0.4) is 0 Å². The van der Waals surface area contributed by atoms with Gasteiger partial charge in [-0.15, -0.1) is 63.1 Å². The lowest BCUT2D eigenvalue weighted by Gasteiger charge is -1.88. The van der Waals surface area contributed by atoms with Gasteiger partial charge in [-0.25, -0.2) is 0 Å². The van der Waals surface area contributed by atoms with Gasteiger partial charge in [0, 0.05) is 24.5 Å². The lowest BCUT2D eigenvalue weighted by Crippen LogP contribution is -1.62. The molecule has 0 saturated carbocycles. The van der Waals surface area contributed by atoms with Gasteiger partial charge in [0.15, 0.2) is 0 Å². The summed E-state index contributed by atoms with van der Waals surface area (Å²) in [6, 6.07) is 33.3. The molecular formula is C30H35F5O5S5. The van der Waals surface area contributed by atoms with Crippen LogP contribution in [-0.2, 0) is 0 Å². The molecule has 0 spiro atoms. The van der Waals surface area contributed by atoms with Gasteiger partial charge < -0.3 is 25.5 Å². The summed E-state index contributed by atoms with van der Waals surface area (Å²) in [6.45, 7) is 0. The molecule has 0 atom stereocenters. The van der Waals surface area contributed by atoms with Crippen molar-refractivity contribution in [3.63, 3.8) is 0 Å². The summed E-state index contributed by atoms with van der Waals surface area (Å²) in [4.78, 5) is 4.32. The monoisotopic (exact) mass is 730 g/mol. The second-order valence-corrected chi connectivity index (χ2v) is 10.2. The maximum Gasteiger partial charge on any atom is 0.115 e. The molecule has 0 aromatic heterocycles. The number of hydrogen-bond acceptors (Lipinski definition) is 10. The van der Waals surface area contributed by atoms with Crippen molar-refractivity contribution in [1.29, 1.82) is 0 Å². The largest absolute Gasteiger partial charge is 0.508 e. The maximum absolute atomic E-state index is 8.72. The van der Waals surface area contributed by atoms with Crippen molar-refractivity contribution in [2.24, 2.45) is 0 Å². The first-order chi connectivity index (χ1) is 18.9. The van der Waals surface area contributed by atoms with Gasteiger partial charge in [0.1, 0.15) is 28.7 Å². The molecule has 5 aromatic carbocycles. The van der Waals surface area contributed by atoms with E-state index >= 15 is 0 Å². The molecule has 5 nitrogen and oxygen atoms in total. The van der Waals surface area contributed by atoms with Gasteiger partial charge >= 0.3 is 0 Å². The molecule has 5 rings (SSSR count). The molecule has 0 saturated heterocycles. The molecule has 0 aliphatic heterocycles. The highest BCUT2D eigenvalue weighted by atomic mass is 32.1. The summed E-state index contributed by atoms with van der Waals surface area (Å²) < 4.78 is 0. The van der Waals surface area contributed by atoms with Crippen molar-refractivity contribution < 1.29 is 49.1 Å². The summed E-state index contributed by atoms with van der Waals surface area (Å²) in [6.07, 6.45) is 0. The summed E-state index contributed by atoms with van der Waals surface area (Å²) >= 11 is 20.1. The normalized spacial score (nSPS) is 8.11. The molecule has 0 aliphatic rings. The van der Waals surface area contributed by atoms with Crippen molar-refractivity contribution in [2.75, 3.05) is 0 Å². The van der Waals surface area contributed by atoms with Crippen molar-refractivity contribution in [3.8, 4) is 28.7 Å². The summed E-state index contributed by atoms with van der Waals surface area (Å²) in [5, 5.41) is 43.6. The Balaban J connectivity index is -0.000000144. The van der Waals surface area contributed by atoms with Gasteiger partial charge in [-0.1, -0.05) is 0 Å². The Labute approximate surface area is 285 Å². The lowest BCUT2D eigenvalue weighted by atomic mass is 10.3. The molecule has 15 heteroatoms. The Bertz CT molecular complexity index is 1010. The smallest absolute Gasteiger partial charge is 0.115 e. The molecular weight excluding hydrogens is 696 g/mol. The average molecular weight is 731 g/mol. The van der Waals surface area contributed by atoms with E-state index in [4.69, 9.17) is 25.5 Å². The number of rotatable bonds is 0. The highest BCUT2D eigenvalue weighted by Crippen LogP contribution is 2.14. The molecule has 0 aliphatic carbocycles. The molecule has 5 N–H and O–H groups in total. The molecule has 0 bridgehead atoms. The third-order valence-electron chi connectivity index (χ3n) is 4.25. The standard InChI is InChI=1S/5C6H6OS.5FH/c5*7-5-1-3-6(8)4-2-5;;;;;/h5*1-4,7-8H;5*1H. The lowest BCUT2D eigenvalue weighted by molar-refractivity contribution is 0.474. The quantitative estimate of drug-likeness (QED) is 0.0579. The number of aromatic hydroxyl groups is 5. The Morgan fingerprint density at radius 1 is 0.222 bits per heavy atom. The molecule has 0 fully saturated rings. The van der Waals surface area contributed by atoms with Crippen LogP contribution in [0.15, 0.2) is 146 Å². The minimum Gasteiger partial charge on any atom is -0.508 e. The van der Waals surface area contributed by atoms with Crippen LogP contribution in [0.25, 0.3) is 0 Å². The van der Waals surface area contributed by atoms with Crippen molar-refractivity contribution in [2.45, 2.75) is 24.5 Å². The van der Waals surface area contributed by atoms with Gasteiger partial charge in [-0.3, -0.25) is 23.5 Å². The van der Waals surface area contributed by atoms with Gasteiger partial charge in [0.25, 0.3) is 0 Å². The zero-order chi connectivity index (χ0) is 29.9. The van der Waals surface area contributed by atoms with E-state index < -0.39 is 0 Å². The number of benzene rings is 5. The van der Waals surface area contributed by atoms with E-state index in [1.165, 1.54) is 0 Å². The number of phenolic OH excluding ortho intramolecular Hbond substituents is 5. The number of halogens is 5. The average Bonchev–Trinajstić information content (AvgIpc) is 2.94. The van der Waals surface area contributed by atoms with E-state index in [0.29, 0.717) is 0 Å². The summed E-state index contributed by atoms with van der Waals surface area (Å²) in [5.41, 5.74) is 0. The summed E-state index contributed by atoms with van der Waals surface area (Å²) in [5.74, 6) is 1.40. The fourth-order valence-electron chi connectivity index (χ4n) is 2.26. The molecule has 45 heavy (non-hydrogen) atoms. The minimum absolute atomic E-state index is 0. The van der Waals surface area contributed by atoms with Gasteiger partial charge in [-0.2, -0.15) is 0 Å². The Morgan fingerprint density at radius 2 is 0.311 bits per heavy atom. The first-order valence-corrected chi connectivity index (χ1v) is 13.6. The van der Waals surface area contributed by atoms with Crippen molar-refractivity contribution in [3.05, 3.63) is 121 Å². The first-order valence-electron chi connectivity index (χ1n) is 11.3. The zero-order valence-electron chi connectivity index (χ0n) is 23.1. The number of phenols is 5. The van der Waals surface area contributed by atoms with Crippen LogP contribution in [0.2, 0.25) is 0 Å². The highest BCUT2D eigenvalue weighted by molar-refractivity contribution is 7.81. The van der Waals surface area contributed by atoms with Crippen LogP contribution in [0.1, 0.15) is 0 Å². The minimum atomic E-state index is 0. The van der Waals surface area contributed by atoms with Gasteiger partial charge in [-0.05, 0) is 121 Å². The fourth-order valence-corrected chi connectivity index (χ4v) is 3.01. The van der Waals surface area contributed by atoms with Crippen LogP contribution in [0.4, 0.5) is 23.5 Å². The number of hydrogen-bond donors (Lipinski definition) is 10. The SMILES string of the molecule is F.F.F.F.F.Oc1ccc(S)cc1.Oc1ccc(S)cc1.Oc1ccc(S)cc1.Oc1ccc(S)cc1.Oc1ccc(S)cc1. The fraction of sp³-hybridized carbons (Fsp3) is 0. The van der Waals surface area contributed by atoms with Crippen LogP contribution < -0.4 is 0 Å². The second kappa shape index (κ2) is 29.2. The van der Waals surface area contributed by atoms with E-state index in [0.717, 1.165) is 24.5 Å². The van der Waals surface area contributed by atoms with E-state index in [1.54, 1.807) is 121 Å². The third-order valence-corrected chi connectivity index (χ3v) is 5.74. The van der Waals surface area contributed by atoms with Gasteiger partial charge in [0.2, 0.25) is 0 Å². The highest BCUT2D eigenvalue weighted by Gasteiger charge is 1.85.